The van der Waals surface area contributed by atoms with Crippen LogP contribution in [0.3, 0.4) is 0 Å². The molecule has 0 spiro atoms. The van der Waals surface area contributed by atoms with E-state index in [-0.39, 0.29) is 6.10 Å². The van der Waals surface area contributed by atoms with Gasteiger partial charge in [0.1, 0.15) is 0 Å². The molecule has 0 N–H and O–H groups in total. The van der Waals surface area contributed by atoms with Gasteiger partial charge in [-0.15, -0.1) is 0 Å². The van der Waals surface area contributed by atoms with Crippen molar-refractivity contribution in [2.75, 3.05) is 25.7 Å². The van der Waals surface area contributed by atoms with Crippen molar-refractivity contribution in [1.29, 1.82) is 0 Å². The van der Waals surface area contributed by atoms with E-state index in [4.69, 9.17) is 21.1 Å². The van der Waals surface area contributed by atoms with Gasteiger partial charge in [0.15, 0.2) is 0 Å². The first kappa shape index (κ1) is 14.0. The summed E-state index contributed by atoms with van der Waals surface area (Å²) in [4.78, 5) is 0. The third kappa shape index (κ3) is 4.83. The molecule has 0 fully saturated rings. The summed E-state index contributed by atoms with van der Waals surface area (Å²) in [5, 5.41) is 1.50. The van der Waals surface area contributed by atoms with Gasteiger partial charge in [0.05, 0.1) is 6.10 Å². The van der Waals surface area contributed by atoms with Crippen molar-refractivity contribution in [2.45, 2.75) is 12.5 Å². The van der Waals surface area contributed by atoms with Crippen LogP contribution < -0.4 is 0 Å². The van der Waals surface area contributed by atoms with Crippen LogP contribution in [0.15, 0.2) is 24.3 Å². The van der Waals surface area contributed by atoms with Gasteiger partial charge >= 0.3 is 0 Å². The molecule has 90 valence electrons. The standard InChI is InChI=1S/C12H16BrClO2/c1-15-6-3-7-16-12(9-13)10-4-2-5-11(14)8-10/h2,4-5,8,12H,3,6-7,9H2,1H3. The minimum Gasteiger partial charge on any atom is -0.385 e. The summed E-state index contributed by atoms with van der Waals surface area (Å²) in [6, 6.07) is 7.76. The van der Waals surface area contributed by atoms with Gasteiger partial charge in [-0.25, -0.2) is 0 Å². The van der Waals surface area contributed by atoms with E-state index in [0.29, 0.717) is 6.61 Å². The normalized spacial score (nSPS) is 12.7. The molecule has 1 aromatic carbocycles. The predicted molar refractivity (Wildman–Crippen MR) is 70.4 cm³/mol. The van der Waals surface area contributed by atoms with Crippen LogP contribution in [0.4, 0.5) is 0 Å². The van der Waals surface area contributed by atoms with E-state index in [9.17, 15) is 0 Å². The molecule has 0 saturated carbocycles. The number of halogens is 2. The Bertz CT molecular complexity index is 307. The van der Waals surface area contributed by atoms with Gasteiger partial charge in [-0.3, -0.25) is 0 Å². The van der Waals surface area contributed by atoms with Gasteiger partial charge in [-0.05, 0) is 24.1 Å². The van der Waals surface area contributed by atoms with Gasteiger partial charge in [-0.1, -0.05) is 39.7 Å². The molecule has 0 saturated heterocycles. The lowest BCUT2D eigenvalue weighted by molar-refractivity contribution is 0.0532. The van der Waals surface area contributed by atoms with E-state index < -0.39 is 0 Å². The van der Waals surface area contributed by atoms with Crippen LogP contribution in [0.2, 0.25) is 5.02 Å². The van der Waals surface area contributed by atoms with Gasteiger partial charge in [0, 0.05) is 30.7 Å². The minimum absolute atomic E-state index is 0.0514. The first-order valence-corrected chi connectivity index (χ1v) is 6.70. The van der Waals surface area contributed by atoms with E-state index in [1.54, 1.807) is 7.11 Å². The second-order valence-corrected chi connectivity index (χ2v) is 4.50. The zero-order valence-electron chi connectivity index (χ0n) is 9.29. The lowest BCUT2D eigenvalue weighted by Gasteiger charge is -2.15. The smallest absolute Gasteiger partial charge is 0.0922 e. The molecule has 1 unspecified atom stereocenters. The fraction of sp³-hybridized carbons (Fsp3) is 0.500. The van der Waals surface area contributed by atoms with Crippen molar-refractivity contribution >= 4 is 27.5 Å². The molecule has 1 atom stereocenters. The summed E-state index contributed by atoms with van der Waals surface area (Å²) in [6.07, 6.45) is 0.955. The van der Waals surface area contributed by atoms with E-state index in [0.717, 1.165) is 28.9 Å². The second-order valence-electron chi connectivity index (χ2n) is 3.42. The molecule has 0 bridgehead atoms. The zero-order chi connectivity index (χ0) is 11.8. The van der Waals surface area contributed by atoms with Gasteiger partial charge < -0.3 is 9.47 Å². The molecule has 2 nitrogen and oxygen atoms in total. The van der Waals surface area contributed by atoms with Crippen LogP contribution in [0.1, 0.15) is 18.1 Å². The highest BCUT2D eigenvalue weighted by Gasteiger charge is 2.10. The Kier molecular flexibility index (Phi) is 7.05. The van der Waals surface area contributed by atoms with Gasteiger partial charge in [0.2, 0.25) is 0 Å². The highest BCUT2D eigenvalue weighted by molar-refractivity contribution is 9.09. The van der Waals surface area contributed by atoms with Crippen molar-refractivity contribution in [1.82, 2.24) is 0 Å². The third-order valence-electron chi connectivity index (χ3n) is 2.17. The lowest BCUT2D eigenvalue weighted by Crippen LogP contribution is -2.08. The zero-order valence-corrected chi connectivity index (χ0v) is 11.6. The van der Waals surface area contributed by atoms with Gasteiger partial charge in [0.25, 0.3) is 0 Å². The van der Waals surface area contributed by atoms with Crippen LogP contribution in [-0.2, 0) is 9.47 Å². The molecule has 0 radical (unpaired) electrons. The average molecular weight is 308 g/mol. The van der Waals surface area contributed by atoms with Crippen LogP contribution in [-0.4, -0.2) is 25.7 Å². The average Bonchev–Trinajstić information content (AvgIpc) is 2.29. The molecular weight excluding hydrogens is 291 g/mol. The first-order valence-electron chi connectivity index (χ1n) is 5.20. The molecule has 1 rings (SSSR count). The van der Waals surface area contributed by atoms with Crippen molar-refractivity contribution in [3.8, 4) is 0 Å². The van der Waals surface area contributed by atoms with E-state index in [1.807, 2.05) is 24.3 Å². The Morgan fingerprint density at radius 3 is 2.81 bits per heavy atom. The molecular formula is C12H16BrClO2. The number of hydrogen-bond donors (Lipinski definition) is 0. The summed E-state index contributed by atoms with van der Waals surface area (Å²) in [7, 11) is 1.69. The van der Waals surface area contributed by atoms with Crippen molar-refractivity contribution in [2.24, 2.45) is 0 Å². The second kappa shape index (κ2) is 8.07. The summed E-state index contributed by atoms with van der Waals surface area (Å²) in [5.74, 6) is 0. The third-order valence-corrected chi connectivity index (χ3v) is 3.00. The van der Waals surface area contributed by atoms with E-state index in [1.165, 1.54) is 0 Å². The minimum atomic E-state index is 0.0514. The number of rotatable bonds is 7. The van der Waals surface area contributed by atoms with Crippen molar-refractivity contribution in [3.63, 3.8) is 0 Å². The molecule has 0 aromatic heterocycles. The largest absolute Gasteiger partial charge is 0.385 e. The predicted octanol–water partition coefficient (Wildman–Crippen LogP) is 3.83. The van der Waals surface area contributed by atoms with Crippen molar-refractivity contribution in [3.05, 3.63) is 34.9 Å². The molecule has 0 heterocycles. The molecule has 0 aliphatic rings. The molecule has 1 aromatic rings. The summed E-state index contributed by atoms with van der Waals surface area (Å²) in [6.45, 7) is 1.42. The van der Waals surface area contributed by atoms with Gasteiger partial charge in [-0.2, -0.15) is 0 Å². The first-order chi connectivity index (χ1) is 7.77. The molecule has 16 heavy (non-hydrogen) atoms. The Morgan fingerprint density at radius 1 is 1.38 bits per heavy atom. The number of methoxy groups -OCH3 is 1. The summed E-state index contributed by atoms with van der Waals surface area (Å²) in [5.41, 5.74) is 1.10. The monoisotopic (exact) mass is 306 g/mol. The molecule has 0 aliphatic heterocycles. The fourth-order valence-electron chi connectivity index (χ4n) is 1.37. The topological polar surface area (TPSA) is 18.5 Å². The maximum absolute atomic E-state index is 5.94. The highest BCUT2D eigenvalue weighted by atomic mass is 79.9. The van der Waals surface area contributed by atoms with E-state index in [2.05, 4.69) is 15.9 Å². The fourth-order valence-corrected chi connectivity index (χ4v) is 2.13. The van der Waals surface area contributed by atoms with Crippen LogP contribution >= 0.6 is 27.5 Å². The Morgan fingerprint density at radius 2 is 2.19 bits per heavy atom. The Hall–Kier alpha value is -0.0900. The summed E-state index contributed by atoms with van der Waals surface area (Å²) >= 11 is 9.39. The number of ether oxygens (including phenoxy) is 2. The highest BCUT2D eigenvalue weighted by Crippen LogP contribution is 2.22. The van der Waals surface area contributed by atoms with Crippen LogP contribution in [0, 0.1) is 0 Å². The Balaban J connectivity index is 2.47. The maximum Gasteiger partial charge on any atom is 0.0922 e. The SMILES string of the molecule is COCCCOC(CBr)c1cccc(Cl)c1. The molecule has 0 amide bonds. The van der Waals surface area contributed by atoms with E-state index >= 15 is 0 Å². The quantitative estimate of drug-likeness (QED) is 0.563. The lowest BCUT2D eigenvalue weighted by atomic mass is 10.1. The number of alkyl halides is 1. The molecule has 4 heteroatoms. The van der Waals surface area contributed by atoms with Crippen molar-refractivity contribution < 1.29 is 9.47 Å². The number of hydrogen-bond acceptors (Lipinski definition) is 2. The Labute approximate surface area is 110 Å². The summed E-state index contributed by atoms with van der Waals surface area (Å²) < 4.78 is 10.7. The number of benzene rings is 1. The van der Waals surface area contributed by atoms with Crippen LogP contribution in [0.25, 0.3) is 0 Å². The van der Waals surface area contributed by atoms with Crippen LogP contribution in [0.5, 0.6) is 0 Å². The maximum atomic E-state index is 5.94. The molecule has 0 aliphatic carbocycles.